The van der Waals surface area contributed by atoms with Gasteiger partial charge in [-0.15, -0.1) is 6.58 Å². The molecule has 0 aromatic carbocycles. The molecular formula is C9H18OS. The van der Waals surface area contributed by atoms with Crippen LogP contribution in [0.25, 0.3) is 0 Å². The van der Waals surface area contributed by atoms with Gasteiger partial charge >= 0.3 is 0 Å². The molecule has 0 saturated carbocycles. The fourth-order valence-electron chi connectivity index (χ4n) is 0.699. The molecule has 0 aliphatic carbocycles. The van der Waals surface area contributed by atoms with Crippen molar-refractivity contribution >= 4 is 11.8 Å². The molecule has 1 atom stereocenters. The van der Waals surface area contributed by atoms with E-state index in [4.69, 9.17) is 5.11 Å². The van der Waals surface area contributed by atoms with E-state index < -0.39 is 0 Å². The van der Waals surface area contributed by atoms with Crippen LogP contribution in [0.3, 0.4) is 0 Å². The van der Waals surface area contributed by atoms with Gasteiger partial charge in [-0.25, -0.2) is 0 Å². The van der Waals surface area contributed by atoms with Gasteiger partial charge < -0.3 is 5.11 Å². The van der Waals surface area contributed by atoms with Crippen LogP contribution in [0.4, 0.5) is 0 Å². The van der Waals surface area contributed by atoms with E-state index in [2.05, 4.69) is 20.4 Å². The third kappa shape index (κ3) is 7.95. The van der Waals surface area contributed by atoms with Crippen molar-refractivity contribution in [2.45, 2.75) is 31.9 Å². The molecule has 1 nitrogen and oxygen atoms in total. The molecule has 0 aromatic rings. The van der Waals surface area contributed by atoms with Crippen LogP contribution < -0.4 is 0 Å². The summed E-state index contributed by atoms with van der Waals surface area (Å²) in [6, 6.07) is 0. The van der Waals surface area contributed by atoms with Crippen molar-refractivity contribution in [2.24, 2.45) is 0 Å². The molecule has 0 bridgehead atoms. The van der Waals surface area contributed by atoms with Gasteiger partial charge in [-0.1, -0.05) is 12.5 Å². The Morgan fingerprint density at radius 1 is 1.64 bits per heavy atom. The van der Waals surface area contributed by atoms with E-state index in [1.807, 2.05) is 11.8 Å². The molecule has 0 aromatic heterocycles. The van der Waals surface area contributed by atoms with Gasteiger partial charge in [0.25, 0.3) is 0 Å². The lowest BCUT2D eigenvalue weighted by Gasteiger charge is -2.08. The van der Waals surface area contributed by atoms with Gasteiger partial charge in [-0.2, -0.15) is 11.8 Å². The average Bonchev–Trinajstić information content (AvgIpc) is 1.87. The molecule has 0 spiro atoms. The fourth-order valence-corrected chi connectivity index (χ4v) is 1.84. The van der Waals surface area contributed by atoms with Crippen molar-refractivity contribution in [2.75, 3.05) is 12.4 Å². The summed E-state index contributed by atoms with van der Waals surface area (Å²) in [6.07, 6.45) is 2.00. The Morgan fingerprint density at radius 2 is 2.27 bits per heavy atom. The van der Waals surface area contributed by atoms with Crippen molar-refractivity contribution in [3.63, 3.8) is 0 Å². The maximum absolute atomic E-state index is 8.61. The molecule has 0 saturated heterocycles. The number of allylic oxidation sites excluding steroid dienone is 1. The zero-order valence-electron chi connectivity index (χ0n) is 7.47. The van der Waals surface area contributed by atoms with Gasteiger partial charge in [-0.3, -0.25) is 0 Å². The molecule has 66 valence electrons. The molecule has 0 aliphatic rings. The lowest BCUT2D eigenvalue weighted by molar-refractivity contribution is 0.289. The Bertz CT molecular complexity index is 112. The van der Waals surface area contributed by atoms with Gasteiger partial charge in [0.15, 0.2) is 0 Å². The van der Waals surface area contributed by atoms with Crippen LogP contribution in [0, 0.1) is 0 Å². The number of aliphatic hydroxyl groups is 1. The topological polar surface area (TPSA) is 20.2 Å². The van der Waals surface area contributed by atoms with Crippen molar-refractivity contribution in [3.05, 3.63) is 12.2 Å². The maximum Gasteiger partial charge on any atom is 0.0441 e. The van der Waals surface area contributed by atoms with E-state index >= 15 is 0 Å². The standard InChI is InChI=1S/C9H18OS/c1-8(2)5-7-11-9(3)4-6-10/h9-10H,1,4-7H2,2-3H3. The quantitative estimate of drug-likeness (QED) is 0.624. The summed E-state index contributed by atoms with van der Waals surface area (Å²) in [4.78, 5) is 0. The lowest BCUT2D eigenvalue weighted by atomic mass is 10.3. The van der Waals surface area contributed by atoms with Crippen LogP contribution in [0.2, 0.25) is 0 Å². The van der Waals surface area contributed by atoms with Crippen LogP contribution in [-0.4, -0.2) is 22.7 Å². The summed E-state index contributed by atoms with van der Waals surface area (Å²) in [6.45, 7) is 8.35. The molecule has 0 heterocycles. The number of hydrogen-bond acceptors (Lipinski definition) is 2. The molecule has 1 unspecified atom stereocenters. The predicted octanol–water partition coefficient (Wildman–Crippen LogP) is 2.46. The van der Waals surface area contributed by atoms with Crippen molar-refractivity contribution in [3.8, 4) is 0 Å². The smallest absolute Gasteiger partial charge is 0.0441 e. The molecule has 1 N–H and O–H groups in total. The van der Waals surface area contributed by atoms with Gasteiger partial charge in [-0.05, 0) is 25.5 Å². The molecule has 0 amide bonds. The number of aliphatic hydroxyl groups excluding tert-OH is 1. The summed E-state index contributed by atoms with van der Waals surface area (Å²) >= 11 is 1.91. The van der Waals surface area contributed by atoms with Crippen LogP contribution in [0.1, 0.15) is 26.7 Å². The Morgan fingerprint density at radius 3 is 2.73 bits per heavy atom. The number of thioether (sulfide) groups is 1. The van der Waals surface area contributed by atoms with Crippen molar-refractivity contribution < 1.29 is 5.11 Å². The van der Waals surface area contributed by atoms with E-state index in [1.165, 1.54) is 5.57 Å². The minimum Gasteiger partial charge on any atom is -0.396 e. The van der Waals surface area contributed by atoms with E-state index in [9.17, 15) is 0 Å². The summed E-state index contributed by atoms with van der Waals surface area (Å²) < 4.78 is 0. The first-order valence-corrected chi connectivity index (χ1v) is 5.08. The maximum atomic E-state index is 8.61. The van der Waals surface area contributed by atoms with E-state index in [0.29, 0.717) is 11.9 Å². The van der Waals surface area contributed by atoms with Crippen molar-refractivity contribution in [1.82, 2.24) is 0 Å². The fraction of sp³-hybridized carbons (Fsp3) is 0.778. The van der Waals surface area contributed by atoms with Gasteiger partial charge in [0.2, 0.25) is 0 Å². The van der Waals surface area contributed by atoms with Gasteiger partial charge in [0.05, 0.1) is 0 Å². The molecule has 11 heavy (non-hydrogen) atoms. The van der Waals surface area contributed by atoms with Crippen LogP contribution in [0.15, 0.2) is 12.2 Å². The third-order valence-electron chi connectivity index (χ3n) is 1.47. The minimum atomic E-state index is 0.307. The normalized spacial score (nSPS) is 13.0. The minimum absolute atomic E-state index is 0.307. The average molecular weight is 174 g/mol. The Labute approximate surface area is 73.9 Å². The first kappa shape index (κ1) is 11.1. The third-order valence-corrected chi connectivity index (χ3v) is 2.71. The summed E-state index contributed by atoms with van der Waals surface area (Å²) in [5.41, 5.74) is 1.24. The van der Waals surface area contributed by atoms with E-state index in [1.54, 1.807) is 0 Å². The SMILES string of the molecule is C=C(C)CCSC(C)CCO. The van der Waals surface area contributed by atoms with Crippen LogP contribution in [0.5, 0.6) is 0 Å². The van der Waals surface area contributed by atoms with Gasteiger partial charge in [0.1, 0.15) is 0 Å². The monoisotopic (exact) mass is 174 g/mol. The van der Waals surface area contributed by atoms with E-state index in [0.717, 1.165) is 18.6 Å². The first-order chi connectivity index (χ1) is 5.16. The van der Waals surface area contributed by atoms with Crippen LogP contribution >= 0.6 is 11.8 Å². The van der Waals surface area contributed by atoms with Crippen molar-refractivity contribution in [1.29, 1.82) is 0 Å². The number of hydrogen-bond donors (Lipinski definition) is 1. The predicted molar refractivity (Wildman–Crippen MR) is 53.1 cm³/mol. The molecule has 0 fully saturated rings. The molecule has 0 rings (SSSR count). The Kier molecular flexibility index (Phi) is 6.77. The molecule has 2 heteroatoms. The highest BCUT2D eigenvalue weighted by molar-refractivity contribution is 7.99. The Balaban J connectivity index is 3.16. The largest absolute Gasteiger partial charge is 0.396 e. The molecule has 0 radical (unpaired) electrons. The second-order valence-electron chi connectivity index (χ2n) is 2.90. The summed E-state index contributed by atoms with van der Waals surface area (Å²) in [5, 5.41) is 9.20. The van der Waals surface area contributed by atoms with Gasteiger partial charge in [0, 0.05) is 11.9 Å². The second kappa shape index (κ2) is 6.74. The summed E-state index contributed by atoms with van der Waals surface area (Å²) in [5.74, 6) is 1.14. The van der Waals surface area contributed by atoms with Crippen LogP contribution in [-0.2, 0) is 0 Å². The second-order valence-corrected chi connectivity index (χ2v) is 4.45. The highest BCUT2D eigenvalue weighted by Crippen LogP contribution is 2.15. The Hall–Kier alpha value is 0.0500. The molecular weight excluding hydrogens is 156 g/mol. The summed E-state index contributed by atoms with van der Waals surface area (Å²) in [7, 11) is 0. The highest BCUT2D eigenvalue weighted by Gasteiger charge is 2.00. The molecule has 0 aliphatic heterocycles. The first-order valence-electron chi connectivity index (χ1n) is 4.03. The number of rotatable bonds is 6. The highest BCUT2D eigenvalue weighted by atomic mass is 32.2. The zero-order valence-corrected chi connectivity index (χ0v) is 8.28. The zero-order chi connectivity index (χ0) is 8.69. The lowest BCUT2D eigenvalue weighted by Crippen LogP contribution is -2.00. The van der Waals surface area contributed by atoms with E-state index in [-0.39, 0.29) is 0 Å².